The van der Waals surface area contributed by atoms with Gasteiger partial charge in [0.15, 0.2) is 0 Å². The Morgan fingerprint density at radius 3 is 1.22 bits per heavy atom. The van der Waals surface area contributed by atoms with Gasteiger partial charge in [0.2, 0.25) is 0 Å². The molecule has 0 atom stereocenters. The topological polar surface area (TPSA) is 0 Å². The monoisotopic (exact) mass is 358 g/mol. The van der Waals surface area contributed by atoms with Gasteiger partial charge in [0.25, 0.3) is 0 Å². The van der Waals surface area contributed by atoms with Crippen LogP contribution in [0.2, 0.25) is 0 Å². The van der Waals surface area contributed by atoms with Gasteiger partial charge in [-0.15, -0.1) is 0 Å². The first-order chi connectivity index (χ1) is 11.2. The second-order valence-corrected chi connectivity index (χ2v) is 13.4. The molecule has 0 saturated heterocycles. The Morgan fingerprint density at radius 1 is 0.652 bits per heavy atom. The van der Waals surface area contributed by atoms with Gasteiger partial charge in [-0.3, -0.25) is 0 Å². The van der Waals surface area contributed by atoms with Gasteiger partial charge in [-0.1, -0.05) is 0 Å². The van der Waals surface area contributed by atoms with Gasteiger partial charge in [0.05, 0.1) is 0 Å². The average Bonchev–Trinajstić information content (AvgIpc) is 2.64. The molecule has 0 N–H and O–H groups in total. The Kier molecular flexibility index (Phi) is 4.82. The molecule has 0 saturated carbocycles. The molecule has 23 heavy (non-hydrogen) atoms. The molecular formula is C20H20ClPS. The van der Waals surface area contributed by atoms with Crippen molar-refractivity contribution in [3.05, 3.63) is 91.0 Å². The predicted molar refractivity (Wildman–Crippen MR) is 109 cm³/mol. The third-order valence-corrected chi connectivity index (χ3v) is 14.0. The van der Waals surface area contributed by atoms with Gasteiger partial charge in [0.1, 0.15) is 0 Å². The van der Waals surface area contributed by atoms with Gasteiger partial charge in [-0.25, -0.2) is 0 Å². The van der Waals surface area contributed by atoms with Crippen LogP contribution in [0.3, 0.4) is 0 Å². The van der Waals surface area contributed by atoms with E-state index in [1.54, 1.807) is 0 Å². The Labute approximate surface area is 147 Å². The number of hydrogen-bond donors (Lipinski definition) is 0. The zero-order valence-corrected chi connectivity index (χ0v) is 15.6. The fourth-order valence-corrected chi connectivity index (χ4v) is 12.0. The Hall–Kier alpha value is -1.27. The SMILES string of the molecule is CSCP(Cl)(c1ccccc1)(c1ccccc1)c1ccccc1. The van der Waals surface area contributed by atoms with Crippen molar-refractivity contribution in [1.29, 1.82) is 0 Å². The van der Waals surface area contributed by atoms with Crippen LogP contribution in [-0.4, -0.2) is 11.7 Å². The van der Waals surface area contributed by atoms with Crippen molar-refractivity contribution < 1.29 is 0 Å². The van der Waals surface area contributed by atoms with Crippen molar-refractivity contribution in [2.24, 2.45) is 0 Å². The minimum absolute atomic E-state index is 0.880. The first kappa shape index (κ1) is 16.6. The Bertz CT molecular complexity index is 660. The van der Waals surface area contributed by atoms with E-state index in [-0.39, 0.29) is 0 Å². The van der Waals surface area contributed by atoms with Gasteiger partial charge in [0, 0.05) is 0 Å². The van der Waals surface area contributed by atoms with Crippen molar-refractivity contribution in [2.75, 3.05) is 11.7 Å². The van der Waals surface area contributed by atoms with Gasteiger partial charge in [-0.05, 0) is 0 Å². The molecule has 0 nitrogen and oxygen atoms in total. The first-order valence-corrected chi connectivity index (χ1v) is 12.3. The van der Waals surface area contributed by atoms with E-state index in [1.807, 2.05) is 11.8 Å². The van der Waals surface area contributed by atoms with Crippen LogP contribution < -0.4 is 15.9 Å². The van der Waals surface area contributed by atoms with Crippen LogP contribution in [0.1, 0.15) is 0 Å². The van der Waals surface area contributed by atoms with E-state index < -0.39 is 5.96 Å². The third kappa shape index (κ3) is 2.72. The van der Waals surface area contributed by atoms with E-state index in [0.717, 1.165) is 5.49 Å². The molecule has 0 aliphatic carbocycles. The zero-order valence-electron chi connectivity index (χ0n) is 13.1. The predicted octanol–water partition coefficient (Wildman–Crippen LogP) is 4.99. The van der Waals surface area contributed by atoms with E-state index >= 15 is 0 Å². The molecule has 0 aromatic heterocycles. The summed E-state index contributed by atoms with van der Waals surface area (Å²) < 4.78 is 0. The van der Waals surface area contributed by atoms with E-state index in [1.165, 1.54) is 15.9 Å². The first-order valence-electron chi connectivity index (χ1n) is 7.59. The molecule has 0 radical (unpaired) electrons. The summed E-state index contributed by atoms with van der Waals surface area (Å²) in [7, 11) is 0. The molecule has 0 heterocycles. The van der Waals surface area contributed by atoms with E-state index in [4.69, 9.17) is 11.2 Å². The summed E-state index contributed by atoms with van der Waals surface area (Å²) in [5.74, 6) is -2.99. The van der Waals surface area contributed by atoms with Crippen molar-refractivity contribution in [3.63, 3.8) is 0 Å². The van der Waals surface area contributed by atoms with E-state index in [2.05, 4.69) is 97.3 Å². The third-order valence-electron chi connectivity index (χ3n) is 4.26. The van der Waals surface area contributed by atoms with Crippen LogP contribution in [0.25, 0.3) is 0 Å². The minimum atomic E-state index is -2.99. The quantitative estimate of drug-likeness (QED) is 0.579. The molecular weight excluding hydrogens is 339 g/mol. The summed E-state index contributed by atoms with van der Waals surface area (Å²) in [6, 6.07) is 31.8. The van der Waals surface area contributed by atoms with Crippen molar-refractivity contribution in [2.45, 2.75) is 0 Å². The maximum absolute atomic E-state index is 7.78. The second-order valence-electron chi connectivity index (χ2n) is 5.61. The summed E-state index contributed by atoms with van der Waals surface area (Å²) in [6.07, 6.45) is 2.14. The molecule has 118 valence electrons. The summed E-state index contributed by atoms with van der Waals surface area (Å²) in [6.45, 7) is 0. The van der Waals surface area contributed by atoms with Crippen LogP contribution in [0.15, 0.2) is 91.0 Å². The molecule has 0 unspecified atom stereocenters. The number of halogens is 1. The molecule has 0 aliphatic rings. The Morgan fingerprint density at radius 2 is 0.957 bits per heavy atom. The van der Waals surface area contributed by atoms with Crippen molar-refractivity contribution in [3.8, 4) is 0 Å². The van der Waals surface area contributed by atoms with Crippen molar-refractivity contribution in [1.82, 2.24) is 0 Å². The van der Waals surface area contributed by atoms with Gasteiger partial charge >= 0.3 is 148 Å². The van der Waals surface area contributed by atoms with Crippen LogP contribution in [0.4, 0.5) is 0 Å². The average molecular weight is 359 g/mol. The van der Waals surface area contributed by atoms with Crippen LogP contribution in [0, 0.1) is 0 Å². The maximum atomic E-state index is 7.78. The molecule has 3 heteroatoms. The van der Waals surface area contributed by atoms with Crippen molar-refractivity contribution >= 4 is 44.9 Å². The number of rotatable bonds is 5. The van der Waals surface area contributed by atoms with Crippen LogP contribution in [0.5, 0.6) is 0 Å². The summed E-state index contributed by atoms with van der Waals surface area (Å²) in [5, 5.41) is 3.69. The standard InChI is InChI=1S/C20H20ClPS/c1-23-17-22(21,18-11-5-2-6-12-18,19-13-7-3-8-14-19)20-15-9-4-10-16-20/h2-16H,17H2,1H3. The van der Waals surface area contributed by atoms with E-state index in [0.29, 0.717) is 0 Å². The van der Waals surface area contributed by atoms with Gasteiger partial charge in [-0.2, -0.15) is 0 Å². The number of hydrogen-bond acceptors (Lipinski definition) is 1. The van der Waals surface area contributed by atoms with Gasteiger partial charge < -0.3 is 0 Å². The summed E-state index contributed by atoms with van der Waals surface area (Å²) in [5.41, 5.74) is 0.880. The molecule has 3 rings (SSSR count). The molecule has 0 bridgehead atoms. The zero-order chi connectivity index (χ0) is 16.2. The Balaban J connectivity index is 2.41. The van der Waals surface area contributed by atoms with Crippen LogP contribution >= 0.6 is 29.0 Å². The second kappa shape index (κ2) is 6.69. The van der Waals surface area contributed by atoms with Crippen LogP contribution in [-0.2, 0) is 0 Å². The fourth-order valence-electron chi connectivity index (χ4n) is 3.13. The summed E-state index contributed by atoms with van der Waals surface area (Å²) in [4.78, 5) is 0. The van der Waals surface area contributed by atoms with E-state index in [9.17, 15) is 0 Å². The molecule has 3 aromatic rings. The molecule has 0 amide bonds. The molecule has 0 fully saturated rings. The number of benzene rings is 3. The normalized spacial score (nSPS) is 13.2. The molecule has 0 spiro atoms. The fraction of sp³-hybridized carbons (Fsp3) is 0.100. The molecule has 3 aromatic carbocycles. The number of thioether (sulfide) groups is 1. The molecule has 0 aliphatic heterocycles. The summed E-state index contributed by atoms with van der Waals surface area (Å²) >= 11 is 9.60.